The Hall–Kier alpha value is -2.14. The van der Waals surface area contributed by atoms with Gasteiger partial charge in [-0.05, 0) is 38.0 Å². The van der Waals surface area contributed by atoms with Gasteiger partial charge in [0.15, 0.2) is 0 Å². The summed E-state index contributed by atoms with van der Waals surface area (Å²) in [6.07, 6.45) is 4.25. The number of benzene rings is 1. The topological polar surface area (TPSA) is 55.8 Å². The molecule has 1 aromatic carbocycles. The molecule has 0 N–H and O–H groups in total. The largest absolute Gasteiger partial charge is 0.463 e. The van der Waals surface area contributed by atoms with E-state index >= 15 is 0 Å². The van der Waals surface area contributed by atoms with E-state index in [9.17, 15) is 9.59 Å². The van der Waals surface area contributed by atoms with Gasteiger partial charge in [0.25, 0.3) is 0 Å². The smallest absolute Gasteiger partial charge is 0.313 e. The summed E-state index contributed by atoms with van der Waals surface area (Å²) in [5.74, 6) is -1.45. The van der Waals surface area contributed by atoms with Crippen LogP contribution in [0.4, 0.5) is 5.69 Å². The summed E-state index contributed by atoms with van der Waals surface area (Å²) in [6.45, 7) is 6.17. The Morgan fingerprint density at radius 1 is 1.36 bits per heavy atom. The lowest BCUT2D eigenvalue weighted by molar-refractivity contribution is -0.156. The molecule has 0 saturated carbocycles. The van der Waals surface area contributed by atoms with E-state index in [0.717, 1.165) is 12.1 Å². The summed E-state index contributed by atoms with van der Waals surface area (Å²) in [7, 11) is 0. The average molecular weight is 341 g/mol. The van der Waals surface area contributed by atoms with Crippen molar-refractivity contribution in [1.82, 2.24) is 0 Å². The summed E-state index contributed by atoms with van der Waals surface area (Å²) < 4.78 is 11.5. The number of carbonyl (C=O) groups excluding carboxylic acids is 2. The Kier molecular flexibility index (Phi) is 3.72. The van der Waals surface area contributed by atoms with Crippen LogP contribution in [0, 0.1) is 11.8 Å². The standard InChI is InChI=1S/C20H23NO4/c1-4-13-5-7-14(8-6-13)21-11-20-10-9-15(25-20)16(17(20)18(21)22)19(23)24-12(2)3/h5-10,12,15-17H,4,11H2,1-3H3/t15-,16?,17-,20?/m1/s1. The molecule has 2 bridgehead atoms. The third kappa shape index (κ3) is 2.41. The molecule has 2 saturated heterocycles. The van der Waals surface area contributed by atoms with Gasteiger partial charge in [-0.2, -0.15) is 0 Å². The van der Waals surface area contributed by atoms with E-state index in [4.69, 9.17) is 9.47 Å². The fourth-order valence-electron chi connectivity index (χ4n) is 4.21. The Labute approximate surface area is 147 Å². The number of rotatable bonds is 4. The molecule has 25 heavy (non-hydrogen) atoms. The highest BCUT2D eigenvalue weighted by Gasteiger charge is 2.67. The van der Waals surface area contributed by atoms with E-state index in [1.807, 2.05) is 50.3 Å². The summed E-state index contributed by atoms with van der Waals surface area (Å²) in [4.78, 5) is 27.4. The molecule has 3 aliphatic heterocycles. The first-order valence-electron chi connectivity index (χ1n) is 8.93. The first-order chi connectivity index (χ1) is 11.9. The second-order valence-electron chi connectivity index (χ2n) is 7.33. The van der Waals surface area contributed by atoms with Crippen molar-refractivity contribution in [3.05, 3.63) is 42.0 Å². The lowest BCUT2D eigenvalue weighted by Crippen LogP contribution is -2.40. The number of fused-ring (bicyclic) bond motifs is 1. The van der Waals surface area contributed by atoms with Crippen molar-refractivity contribution >= 4 is 17.6 Å². The molecule has 0 aromatic heterocycles. The van der Waals surface area contributed by atoms with Crippen molar-refractivity contribution in [2.24, 2.45) is 11.8 Å². The zero-order chi connectivity index (χ0) is 17.8. The predicted octanol–water partition coefficient (Wildman–Crippen LogP) is 2.49. The third-order valence-corrected chi connectivity index (χ3v) is 5.38. The Balaban J connectivity index is 1.64. The molecule has 4 rings (SSSR count). The van der Waals surface area contributed by atoms with Crippen LogP contribution in [-0.2, 0) is 25.5 Å². The molecule has 5 nitrogen and oxygen atoms in total. The molecule has 3 heterocycles. The Bertz CT molecular complexity index is 739. The van der Waals surface area contributed by atoms with E-state index in [0.29, 0.717) is 6.54 Å². The minimum atomic E-state index is -0.703. The minimum absolute atomic E-state index is 0.0539. The van der Waals surface area contributed by atoms with Crippen LogP contribution < -0.4 is 4.90 Å². The molecule has 132 valence electrons. The lowest BCUT2D eigenvalue weighted by Gasteiger charge is -2.23. The molecule has 0 radical (unpaired) electrons. The van der Waals surface area contributed by atoms with Crippen LogP contribution in [0.3, 0.4) is 0 Å². The van der Waals surface area contributed by atoms with E-state index in [1.165, 1.54) is 5.56 Å². The third-order valence-electron chi connectivity index (χ3n) is 5.38. The highest BCUT2D eigenvalue weighted by molar-refractivity contribution is 6.02. The first-order valence-corrected chi connectivity index (χ1v) is 8.93. The molecule has 2 unspecified atom stereocenters. The molecule has 1 spiro atoms. The molecule has 1 aromatic rings. The van der Waals surface area contributed by atoms with Crippen LogP contribution in [0.5, 0.6) is 0 Å². The van der Waals surface area contributed by atoms with Gasteiger partial charge in [-0.15, -0.1) is 0 Å². The highest BCUT2D eigenvalue weighted by atomic mass is 16.6. The highest BCUT2D eigenvalue weighted by Crippen LogP contribution is 2.52. The average Bonchev–Trinajstić information content (AvgIpc) is 3.22. The maximum atomic E-state index is 13.1. The molecule has 5 heteroatoms. The molecule has 3 aliphatic rings. The van der Waals surface area contributed by atoms with Gasteiger partial charge in [0.2, 0.25) is 5.91 Å². The number of esters is 1. The summed E-state index contributed by atoms with van der Waals surface area (Å²) >= 11 is 0. The van der Waals surface area contributed by atoms with Crippen LogP contribution in [-0.4, -0.2) is 36.2 Å². The zero-order valence-corrected chi connectivity index (χ0v) is 14.8. The van der Waals surface area contributed by atoms with Crippen LogP contribution in [0.15, 0.2) is 36.4 Å². The first kappa shape index (κ1) is 16.3. The number of hydrogen-bond donors (Lipinski definition) is 0. The fourth-order valence-corrected chi connectivity index (χ4v) is 4.21. The van der Waals surface area contributed by atoms with Crippen molar-refractivity contribution in [1.29, 1.82) is 0 Å². The van der Waals surface area contributed by atoms with E-state index in [-0.39, 0.29) is 24.1 Å². The van der Waals surface area contributed by atoms with Gasteiger partial charge in [-0.3, -0.25) is 9.59 Å². The number of nitrogens with zero attached hydrogens (tertiary/aromatic N) is 1. The lowest BCUT2D eigenvalue weighted by atomic mass is 9.77. The van der Waals surface area contributed by atoms with Crippen LogP contribution >= 0.6 is 0 Å². The van der Waals surface area contributed by atoms with E-state index < -0.39 is 17.4 Å². The van der Waals surface area contributed by atoms with Crippen molar-refractivity contribution in [3.8, 4) is 0 Å². The fraction of sp³-hybridized carbons (Fsp3) is 0.500. The van der Waals surface area contributed by atoms with Gasteiger partial charge in [-0.25, -0.2) is 0 Å². The minimum Gasteiger partial charge on any atom is -0.463 e. The van der Waals surface area contributed by atoms with E-state index in [1.54, 1.807) is 4.90 Å². The zero-order valence-electron chi connectivity index (χ0n) is 14.8. The number of anilines is 1. The molecular weight excluding hydrogens is 318 g/mol. The van der Waals surface area contributed by atoms with Crippen molar-refractivity contribution < 1.29 is 19.1 Å². The molecule has 4 atom stereocenters. The molecule has 1 amide bonds. The van der Waals surface area contributed by atoms with Crippen LogP contribution in [0.2, 0.25) is 0 Å². The van der Waals surface area contributed by atoms with Gasteiger partial charge in [0.1, 0.15) is 11.5 Å². The number of aryl methyl sites for hydroxylation is 1. The number of hydrogen-bond acceptors (Lipinski definition) is 4. The normalized spacial score (nSPS) is 32.6. The van der Waals surface area contributed by atoms with Gasteiger partial charge in [0.05, 0.1) is 24.7 Å². The SMILES string of the molecule is CCc1ccc(N2CC34C=C[C@@H](O3)C(C(=O)OC(C)C)[C@@H]4C2=O)cc1. The second kappa shape index (κ2) is 5.70. The van der Waals surface area contributed by atoms with Gasteiger partial charge in [-0.1, -0.05) is 31.2 Å². The number of ether oxygens (including phenoxy) is 2. The summed E-state index contributed by atoms with van der Waals surface area (Å²) in [5, 5.41) is 0. The maximum Gasteiger partial charge on any atom is 0.313 e. The van der Waals surface area contributed by atoms with Crippen molar-refractivity contribution in [3.63, 3.8) is 0 Å². The maximum absolute atomic E-state index is 13.1. The molecule has 0 aliphatic carbocycles. The molecular formula is C20H23NO4. The predicted molar refractivity (Wildman–Crippen MR) is 93.1 cm³/mol. The van der Waals surface area contributed by atoms with Gasteiger partial charge < -0.3 is 14.4 Å². The van der Waals surface area contributed by atoms with E-state index in [2.05, 4.69) is 6.92 Å². The van der Waals surface area contributed by atoms with Crippen molar-refractivity contribution in [2.45, 2.75) is 45.0 Å². The number of carbonyl (C=O) groups is 2. The van der Waals surface area contributed by atoms with Gasteiger partial charge in [0, 0.05) is 5.69 Å². The summed E-state index contributed by atoms with van der Waals surface area (Å²) in [5.41, 5.74) is 1.37. The van der Waals surface area contributed by atoms with Crippen LogP contribution in [0.1, 0.15) is 26.3 Å². The number of amides is 1. The summed E-state index contributed by atoms with van der Waals surface area (Å²) in [6, 6.07) is 8.00. The quantitative estimate of drug-likeness (QED) is 0.624. The Morgan fingerprint density at radius 2 is 2.08 bits per heavy atom. The van der Waals surface area contributed by atoms with Crippen LogP contribution in [0.25, 0.3) is 0 Å². The monoisotopic (exact) mass is 341 g/mol. The second-order valence-corrected chi connectivity index (χ2v) is 7.33. The van der Waals surface area contributed by atoms with Crippen molar-refractivity contribution in [2.75, 3.05) is 11.4 Å². The Morgan fingerprint density at radius 3 is 2.72 bits per heavy atom. The van der Waals surface area contributed by atoms with Gasteiger partial charge >= 0.3 is 5.97 Å². The molecule has 2 fully saturated rings.